The number of likely N-dealkylation sites (tertiary alicyclic amines) is 1. The van der Waals surface area contributed by atoms with Crippen molar-refractivity contribution < 1.29 is 0 Å². The van der Waals surface area contributed by atoms with E-state index in [4.69, 9.17) is 5.73 Å². The van der Waals surface area contributed by atoms with Crippen LogP contribution in [0.5, 0.6) is 0 Å². The molecule has 2 heterocycles. The molecule has 0 unspecified atom stereocenters. The first-order valence-electron chi connectivity index (χ1n) is 7.10. The molecule has 0 aromatic carbocycles. The third-order valence-corrected chi connectivity index (χ3v) is 4.84. The Morgan fingerprint density at radius 2 is 1.89 bits per heavy atom. The van der Waals surface area contributed by atoms with Gasteiger partial charge in [-0.15, -0.1) is 0 Å². The molecule has 0 saturated carbocycles. The van der Waals surface area contributed by atoms with Crippen molar-refractivity contribution in [3.8, 4) is 0 Å². The van der Waals surface area contributed by atoms with Crippen molar-refractivity contribution >= 4 is 17.7 Å². The van der Waals surface area contributed by atoms with Gasteiger partial charge in [0, 0.05) is 31.1 Å². The molecule has 104 valence electrons. The summed E-state index contributed by atoms with van der Waals surface area (Å²) in [5, 5.41) is 0. The van der Waals surface area contributed by atoms with Gasteiger partial charge in [-0.1, -0.05) is 6.92 Å². The molecule has 2 aliphatic rings. The minimum absolute atomic E-state index is 0.751. The molecular weight excluding hydrogens is 244 g/mol. The number of piperidine rings is 1. The van der Waals surface area contributed by atoms with Crippen LogP contribution in [0.4, 0.5) is 0 Å². The average Bonchev–Trinajstić information content (AvgIpc) is 2.42. The molecular formula is C13H26N4S. The first kappa shape index (κ1) is 14.0. The van der Waals surface area contributed by atoms with Crippen LogP contribution in [-0.2, 0) is 0 Å². The maximum atomic E-state index is 6.03. The highest BCUT2D eigenvalue weighted by atomic mass is 32.2. The third kappa shape index (κ3) is 4.35. The van der Waals surface area contributed by atoms with Crippen LogP contribution in [0.3, 0.4) is 0 Å². The molecule has 0 aliphatic carbocycles. The first-order chi connectivity index (χ1) is 8.75. The van der Waals surface area contributed by atoms with Gasteiger partial charge in [0.25, 0.3) is 0 Å². The SMILES string of the molecule is CC1CCN(CCN=C(N)N2CCSCC2)CC1. The fourth-order valence-electron chi connectivity index (χ4n) is 2.48. The van der Waals surface area contributed by atoms with Gasteiger partial charge in [-0.3, -0.25) is 4.99 Å². The Morgan fingerprint density at radius 1 is 1.22 bits per heavy atom. The molecule has 2 fully saturated rings. The molecule has 0 spiro atoms. The molecule has 2 rings (SSSR count). The quantitative estimate of drug-likeness (QED) is 0.616. The van der Waals surface area contributed by atoms with E-state index < -0.39 is 0 Å². The third-order valence-electron chi connectivity index (χ3n) is 3.90. The van der Waals surface area contributed by atoms with Crippen LogP contribution in [0.25, 0.3) is 0 Å². The van der Waals surface area contributed by atoms with Crippen LogP contribution in [0.15, 0.2) is 4.99 Å². The summed E-state index contributed by atoms with van der Waals surface area (Å²) in [6.07, 6.45) is 2.67. The highest BCUT2D eigenvalue weighted by molar-refractivity contribution is 7.99. The molecule has 4 nitrogen and oxygen atoms in total. The fraction of sp³-hybridized carbons (Fsp3) is 0.923. The second-order valence-corrected chi connectivity index (χ2v) is 6.59. The molecule has 18 heavy (non-hydrogen) atoms. The lowest BCUT2D eigenvalue weighted by Gasteiger charge is -2.30. The van der Waals surface area contributed by atoms with Crippen molar-refractivity contribution in [1.82, 2.24) is 9.80 Å². The monoisotopic (exact) mass is 270 g/mol. The second-order valence-electron chi connectivity index (χ2n) is 5.36. The first-order valence-corrected chi connectivity index (χ1v) is 8.26. The van der Waals surface area contributed by atoms with E-state index in [0.717, 1.165) is 38.1 Å². The second kappa shape index (κ2) is 7.24. The van der Waals surface area contributed by atoms with Gasteiger partial charge in [-0.05, 0) is 31.8 Å². The van der Waals surface area contributed by atoms with E-state index in [1.807, 2.05) is 11.8 Å². The van der Waals surface area contributed by atoms with Gasteiger partial charge in [0.2, 0.25) is 0 Å². The number of nitrogens with zero attached hydrogens (tertiary/aromatic N) is 3. The van der Waals surface area contributed by atoms with Gasteiger partial charge in [0.1, 0.15) is 0 Å². The van der Waals surface area contributed by atoms with Crippen LogP contribution < -0.4 is 5.73 Å². The number of hydrogen-bond acceptors (Lipinski definition) is 3. The molecule has 5 heteroatoms. The van der Waals surface area contributed by atoms with Gasteiger partial charge in [0.05, 0.1) is 6.54 Å². The zero-order chi connectivity index (χ0) is 12.8. The predicted octanol–water partition coefficient (Wildman–Crippen LogP) is 1.08. The molecule has 2 saturated heterocycles. The predicted molar refractivity (Wildman–Crippen MR) is 80.2 cm³/mol. The van der Waals surface area contributed by atoms with E-state index in [2.05, 4.69) is 21.7 Å². The Labute approximate surface area is 115 Å². The molecule has 2 N–H and O–H groups in total. The van der Waals surface area contributed by atoms with Crippen LogP contribution in [0, 0.1) is 5.92 Å². The van der Waals surface area contributed by atoms with Crippen molar-refractivity contribution in [2.24, 2.45) is 16.6 Å². The Hall–Kier alpha value is -0.420. The lowest BCUT2D eigenvalue weighted by Crippen LogP contribution is -2.43. The van der Waals surface area contributed by atoms with E-state index in [1.165, 1.54) is 37.4 Å². The van der Waals surface area contributed by atoms with E-state index in [1.54, 1.807) is 0 Å². The molecule has 0 atom stereocenters. The molecule has 0 aromatic heterocycles. The largest absolute Gasteiger partial charge is 0.370 e. The van der Waals surface area contributed by atoms with Crippen molar-refractivity contribution in [3.05, 3.63) is 0 Å². The molecule has 0 aromatic rings. The fourth-order valence-corrected chi connectivity index (χ4v) is 3.39. The van der Waals surface area contributed by atoms with E-state index >= 15 is 0 Å². The number of hydrogen-bond donors (Lipinski definition) is 1. The minimum atomic E-state index is 0.751. The average molecular weight is 270 g/mol. The van der Waals surface area contributed by atoms with Crippen LogP contribution >= 0.6 is 11.8 Å². The molecule has 0 bridgehead atoms. The van der Waals surface area contributed by atoms with Gasteiger partial charge in [0.15, 0.2) is 5.96 Å². The maximum Gasteiger partial charge on any atom is 0.191 e. The summed E-state index contributed by atoms with van der Waals surface area (Å²) in [6.45, 7) is 8.85. The summed E-state index contributed by atoms with van der Waals surface area (Å²) in [4.78, 5) is 9.26. The molecule has 2 aliphatic heterocycles. The van der Waals surface area contributed by atoms with Crippen molar-refractivity contribution in [2.45, 2.75) is 19.8 Å². The number of guanidine groups is 1. The van der Waals surface area contributed by atoms with E-state index in [-0.39, 0.29) is 0 Å². The van der Waals surface area contributed by atoms with Crippen LogP contribution in [0.2, 0.25) is 0 Å². The van der Waals surface area contributed by atoms with Gasteiger partial charge >= 0.3 is 0 Å². The number of thioether (sulfide) groups is 1. The van der Waals surface area contributed by atoms with Gasteiger partial charge < -0.3 is 15.5 Å². The molecule has 0 amide bonds. The lowest BCUT2D eigenvalue weighted by atomic mass is 9.99. The van der Waals surface area contributed by atoms with Crippen molar-refractivity contribution in [3.63, 3.8) is 0 Å². The highest BCUT2D eigenvalue weighted by Crippen LogP contribution is 2.15. The standard InChI is InChI=1S/C13H26N4S/c1-12-2-5-16(6-3-12)7-4-15-13(14)17-8-10-18-11-9-17/h12H,2-11H2,1H3,(H2,14,15). The highest BCUT2D eigenvalue weighted by Gasteiger charge is 2.15. The Morgan fingerprint density at radius 3 is 2.56 bits per heavy atom. The number of rotatable bonds is 3. The number of nitrogens with two attached hydrogens (primary N) is 1. The lowest BCUT2D eigenvalue weighted by molar-refractivity contribution is 0.197. The van der Waals surface area contributed by atoms with Gasteiger partial charge in [-0.25, -0.2) is 0 Å². The minimum Gasteiger partial charge on any atom is -0.370 e. The maximum absolute atomic E-state index is 6.03. The van der Waals surface area contributed by atoms with Gasteiger partial charge in [-0.2, -0.15) is 11.8 Å². The number of aliphatic imine (C=N–C) groups is 1. The van der Waals surface area contributed by atoms with E-state index in [0.29, 0.717) is 0 Å². The summed E-state index contributed by atoms with van der Waals surface area (Å²) >= 11 is 2.00. The Kier molecular flexibility index (Phi) is 5.63. The summed E-state index contributed by atoms with van der Waals surface area (Å²) in [6, 6.07) is 0. The topological polar surface area (TPSA) is 44.9 Å². The Balaban J connectivity index is 1.66. The van der Waals surface area contributed by atoms with E-state index in [9.17, 15) is 0 Å². The van der Waals surface area contributed by atoms with Crippen molar-refractivity contribution in [2.75, 3.05) is 50.8 Å². The summed E-state index contributed by atoms with van der Waals surface area (Å²) in [7, 11) is 0. The zero-order valence-corrected chi connectivity index (χ0v) is 12.3. The molecule has 0 radical (unpaired) electrons. The zero-order valence-electron chi connectivity index (χ0n) is 11.5. The normalized spacial score (nSPS) is 24.5. The van der Waals surface area contributed by atoms with Crippen LogP contribution in [-0.4, -0.2) is 66.5 Å². The van der Waals surface area contributed by atoms with Crippen molar-refractivity contribution in [1.29, 1.82) is 0 Å². The summed E-state index contributed by atoms with van der Waals surface area (Å²) in [5.74, 6) is 4.02. The van der Waals surface area contributed by atoms with Crippen LogP contribution in [0.1, 0.15) is 19.8 Å². The smallest absolute Gasteiger partial charge is 0.191 e. The Bertz CT molecular complexity index is 268. The summed E-state index contributed by atoms with van der Waals surface area (Å²) < 4.78 is 0. The summed E-state index contributed by atoms with van der Waals surface area (Å²) in [5.41, 5.74) is 6.03.